The third-order valence-corrected chi connectivity index (χ3v) is 0. The molecule has 0 N–H and O–H groups in total. The van der Waals surface area contributed by atoms with Crippen LogP contribution in [0.1, 0.15) is 6.92 Å². The molecule has 0 fully saturated rings. The minimum Gasteiger partial charge on any atom is -0.291 e. The van der Waals surface area contributed by atoms with Gasteiger partial charge in [-0.25, -0.2) is 0 Å². The van der Waals surface area contributed by atoms with Gasteiger partial charge in [-0.3, -0.25) is 4.79 Å². The van der Waals surface area contributed by atoms with Crippen LogP contribution in [0.25, 0.3) is 0 Å². The Kier molecular flexibility index (Phi) is 21.2. The van der Waals surface area contributed by atoms with E-state index in [4.69, 9.17) is 4.79 Å². The van der Waals surface area contributed by atoms with Crippen molar-refractivity contribution in [3.8, 4) is 0 Å². The number of carbonyl (C=O) groups excluding carboxylic acids is 1. The van der Waals surface area contributed by atoms with E-state index in [9.17, 15) is 0 Å². The van der Waals surface area contributed by atoms with E-state index in [1.54, 1.807) is 0 Å². The minimum absolute atomic E-state index is 0. The number of hydrogen-bond acceptors (Lipinski definition) is 1. The maximum atomic E-state index is 8.68. The molecule has 4 heavy (non-hydrogen) atoms. The SMILES string of the molecule is C[C]=O.[Sc]. The van der Waals surface area contributed by atoms with Crippen LogP contribution in [0, 0.1) is 0 Å². The van der Waals surface area contributed by atoms with E-state index in [0.717, 1.165) is 0 Å². The van der Waals surface area contributed by atoms with Crippen molar-refractivity contribution in [2.75, 3.05) is 0 Å². The van der Waals surface area contributed by atoms with Crippen LogP contribution in [-0.4, -0.2) is 6.29 Å². The van der Waals surface area contributed by atoms with Crippen LogP contribution < -0.4 is 0 Å². The van der Waals surface area contributed by atoms with Crippen LogP contribution in [0.3, 0.4) is 0 Å². The van der Waals surface area contributed by atoms with Gasteiger partial charge in [0.15, 0.2) is 6.29 Å². The quantitative estimate of drug-likeness (QED) is 0.410. The predicted molar refractivity (Wildman–Crippen MR) is 11.4 cm³/mol. The van der Waals surface area contributed by atoms with Gasteiger partial charge in [-0.2, -0.15) is 0 Å². The molecule has 0 heterocycles. The second-order valence-corrected chi connectivity index (χ2v) is 0.204. The van der Waals surface area contributed by atoms with Crippen molar-refractivity contribution in [2.24, 2.45) is 0 Å². The Morgan fingerprint density at radius 1 is 1.75 bits per heavy atom. The van der Waals surface area contributed by atoms with Gasteiger partial charge in [-0.1, -0.05) is 0 Å². The Morgan fingerprint density at radius 2 is 1.75 bits per heavy atom. The van der Waals surface area contributed by atoms with Gasteiger partial charge in [0.2, 0.25) is 0 Å². The van der Waals surface area contributed by atoms with E-state index in [-0.39, 0.29) is 25.8 Å². The second-order valence-electron chi connectivity index (χ2n) is 0.204. The first-order chi connectivity index (χ1) is 1.41. The second kappa shape index (κ2) is 9.63. The Hall–Kier alpha value is 0.540. The average molecular weight is 88.0 g/mol. The van der Waals surface area contributed by atoms with Gasteiger partial charge >= 0.3 is 0 Å². The number of rotatable bonds is 0. The van der Waals surface area contributed by atoms with Crippen molar-refractivity contribution in [3.05, 3.63) is 0 Å². The van der Waals surface area contributed by atoms with Gasteiger partial charge in [-0.05, 0) is 0 Å². The summed E-state index contributed by atoms with van der Waals surface area (Å²) in [6, 6.07) is 0. The Balaban J connectivity index is 0. The van der Waals surface area contributed by atoms with Crippen molar-refractivity contribution < 1.29 is 30.6 Å². The van der Waals surface area contributed by atoms with E-state index in [0.29, 0.717) is 0 Å². The smallest absolute Gasteiger partial charge is 0.195 e. The fourth-order valence-corrected chi connectivity index (χ4v) is 0. The molecule has 0 amide bonds. The van der Waals surface area contributed by atoms with Gasteiger partial charge < -0.3 is 0 Å². The van der Waals surface area contributed by atoms with Crippen LogP contribution in [-0.2, 0) is 30.6 Å². The molecule has 0 aliphatic rings. The molecule has 0 aliphatic heterocycles. The van der Waals surface area contributed by atoms with Crippen LogP contribution in [0.4, 0.5) is 0 Å². The Bertz CT molecular complexity index is 13.5. The molecule has 0 aromatic heterocycles. The van der Waals surface area contributed by atoms with Crippen molar-refractivity contribution in [1.82, 2.24) is 0 Å². The summed E-state index contributed by atoms with van der Waals surface area (Å²) in [6.45, 7) is 1.32. The Morgan fingerprint density at radius 3 is 1.75 bits per heavy atom. The van der Waals surface area contributed by atoms with E-state index in [2.05, 4.69) is 0 Å². The molecule has 0 aromatic rings. The summed E-state index contributed by atoms with van der Waals surface area (Å²) in [5.41, 5.74) is 0. The van der Waals surface area contributed by atoms with E-state index < -0.39 is 0 Å². The molecule has 0 spiro atoms. The molecule has 0 rings (SSSR count). The molecule has 0 bridgehead atoms. The first-order valence-electron chi connectivity index (χ1n) is 0.704. The average Bonchev–Trinajstić information content (AvgIpc) is 0.918. The zero-order valence-corrected chi connectivity index (χ0v) is 4.29. The zero-order chi connectivity index (χ0) is 2.71. The molecule has 0 aromatic carbocycles. The molecule has 0 saturated heterocycles. The molecule has 1 nitrogen and oxygen atoms in total. The third-order valence-electron chi connectivity index (χ3n) is 0. The number of hydrogen-bond donors (Lipinski definition) is 0. The van der Waals surface area contributed by atoms with Gasteiger partial charge in [-0.15, -0.1) is 0 Å². The standard InChI is InChI=1S/C2H3O.Sc/c1-2-3;/h1H3;. The van der Waals surface area contributed by atoms with Crippen LogP contribution in [0.5, 0.6) is 0 Å². The topological polar surface area (TPSA) is 17.1 Å². The van der Waals surface area contributed by atoms with Crippen LogP contribution in [0.15, 0.2) is 0 Å². The minimum atomic E-state index is 0. The normalized spacial score (nSPS) is 3.25. The first-order valence-corrected chi connectivity index (χ1v) is 0.704. The van der Waals surface area contributed by atoms with Crippen molar-refractivity contribution in [1.29, 1.82) is 0 Å². The van der Waals surface area contributed by atoms with Crippen molar-refractivity contribution in [3.63, 3.8) is 0 Å². The fourth-order valence-electron chi connectivity index (χ4n) is 0. The van der Waals surface area contributed by atoms with Gasteiger partial charge in [0.25, 0.3) is 0 Å². The maximum Gasteiger partial charge on any atom is 0.195 e. The molecule has 2 radical (unpaired) electrons. The summed E-state index contributed by atoms with van der Waals surface area (Å²) in [6.07, 6.45) is 1.50. The summed E-state index contributed by atoms with van der Waals surface area (Å²) in [5.74, 6) is 0. The predicted octanol–water partition coefficient (Wildman–Crippen LogP) is 0.113. The summed E-state index contributed by atoms with van der Waals surface area (Å²) in [4.78, 5) is 8.68. The van der Waals surface area contributed by atoms with Gasteiger partial charge in [0.05, 0.1) is 0 Å². The molecule has 0 unspecified atom stereocenters. The summed E-state index contributed by atoms with van der Waals surface area (Å²) >= 11 is 0. The fraction of sp³-hybridized carbons (Fsp3) is 0.500. The van der Waals surface area contributed by atoms with Crippen LogP contribution in [0.2, 0.25) is 0 Å². The first kappa shape index (κ1) is 8.82. The summed E-state index contributed by atoms with van der Waals surface area (Å²) < 4.78 is 0. The van der Waals surface area contributed by atoms with E-state index in [1.807, 2.05) is 0 Å². The molecular formula is C2H3OSc. The van der Waals surface area contributed by atoms with Crippen LogP contribution >= 0.6 is 0 Å². The summed E-state index contributed by atoms with van der Waals surface area (Å²) in [7, 11) is 0. The third kappa shape index (κ3) is 20.7. The van der Waals surface area contributed by atoms with Gasteiger partial charge in [0, 0.05) is 32.8 Å². The van der Waals surface area contributed by atoms with Crippen molar-refractivity contribution >= 4 is 6.29 Å². The summed E-state index contributed by atoms with van der Waals surface area (Å²) in [5, 5.41) is 0. The van der Waals surface area contributed by atoms with Gasteiger partial charge in [0.1, 0.15) is 0 Å². The Labute approximate surface area is 44.2 Å². The maximum absolute atomic E-state index is 8.68. The molecule has 0 atom stereocenters. The monoisotopic (exact) mass is 88.0 g/mol. The largest absolute Gasteiger partial charge is 0.291 e. The molecule has 0 saturated carbocycles. The molecule has 2 heteroatoms. The molecule has 0 aliphatic carbocycles. The molecule has 20 valence electrons. The van der Waals surface area contributed by atoms with E-state index in [1.165, 1.54) is 13.2 Å². The zero-order valence-electron chi connectivity index (χ0n) is 2.49. The molecular weight excluding hydrogens is 85.0 g/mol. The van der Waals surface area contributed by atoms with Crippen molar-refractivity contribution in [2.45, 2.75) is 6.92 Å². The van der Waals surface area contributed by atoms with E-state index >= 15 is 0 Å².